The molecule has 0 unspecified atom stereocenters. The standard InChI is InChI=1S/C18H21BrN2O3/c1-2-12-7-9-18(10-8-12)16(23)21(17(24)20-18)11-15(22)13-3-5-14(19)6-4-13/h3-6,12H,2,7-11H2,1H3,(H,20,24). The lowest BCUT2D eigenvalue weighted by atomic mass is 9.75. The zero-order valence-electron chi connectivity index (χ0n) is 13.7. The van der Waals surface area contributed by atoms with Gasteiger partial charge in [0.2, 0.25) is 0 Å². The second-order valence-electron chi connectivity index (χ2n) is 6.69. The number of rotatable bonds is 4. The number of carbonyl (C=O) groups is 3. The molecule has 0 atom stereocenters. The molecule has 2 fully saturated rings. The number of hydrogen-bond donors (Lipinski definition) is 1. The van der Waals surface area contributed by atoms with Crippen molar-refractivity contribution in [3.63, 3.8) is 0 Å². The highest BCUT2D eigenvalue weighted by atomic mass is 79.9. The maximum absolute atomic E-state index is 12.8. The molecule has 5 nitrogen and oxygen atoms in total. The van der Waals surface area contributed by atoms with Gasteiger partial charge in [-0.3, -0.25) is 14.5 Å². The molecular weight excluding hydrogens is 372 g/mol. The number of nitrogens with zero attached hydrogens (tertiary/aromatic N) is 1. The van der Waals surface area contributed by atoms with Crippen LogP contribution in [0.2, 0.25) is 0 Å². The van der Waals surface area contributed by atoms with Gasteiger partial charge in [-0.2, -0.15) is 0 Å². The molecule has 1 heterocycles. The van der Waals surface area contributed by atoms with E-state index in [9.17, 15) is 14.4 Å². The number of Topliss-reactive ketones (excluding diaryl/α,β-unsaturated/α-hetero) is 1. The van der Waals surface area contributed by atoms with Gasteiger partial charge in [0.05, 0.1) is 6.54 Å². The van der Waals surface area contributed by atoms with Crippen molar-refractivity contribution in [3.8, 4) is 0 Å². The van der Waals surface area contributed by atoms with Crippen molar-refractivity contribution in [2.24, 2.45) is 5.92 Å². The van der Waals surface area contributed by atoms with E-state index in [0.717, 1.165) is 28.6 Å². The average Bonchev–Trinajstić information content (AvgIpc) is 2.80. The predicted octanol–water partition coefficient (Wildman–Crippen LogP) is 3.52. The lowest BCUT2D eigenvalue weighted by molar-refractivity contribution is -0.132. The summed E-state index contributed by atoms with van der Waals surface area (Å²) in [6, 6.07) is 6.47. The van der Waals surface area contributed by atoms with E-state index in [1.165, 1.54) is 0 Å². The third kappa shape index (κ3) is 3.11. The first-order chi connectivity index (χ1) is 11.4. The van der Waals surface area contributed by atoms with E-state index < -0.39 is 11.6 Å². The van der Waals surface area contributed by atoms with Crippen molar-refractivity contribution in [2.75, 3.05) is 6.54 Å². The molecule has 1 spiro atoms. The third-order valence-electron chi connectivity index (χ3n) is 5.25. The Morgan fingerprint density at radius 2 is 1.88 bits per heavy atom. The number of urea groups is 1. The van der Waals surface area contributed by atoms with E-state index in [2.05, 4.69) is 28.2 Å². The summed E-state index contributed by atoms with van der Waals surface area (Å²) < 4.78 is 0.876. The molecular formula is C18H21BrN2O3. The van der Waals surface area contributed by atoms with E-state index in [1.54, 1.807) is 24.3 Å². The summed E-state index contributed by atoms with van der Waals surface area (Å²) in [7, 11) is 0. The van der Waals surface area contributed by atoms with Crippen LogP contribution >= 0.6 is 15.9 Å². The monoisotopic (exact) mass is 392 g/mol. The van der Waals surface area contributed by atoms with Crippen LogP contribution in [0.15, 0.2) is 28.7 Å². The van der Waals surface area contributed by atoms with Crippen molar-refractivity contribution in [3.05, 3.63) is 34.3 Å². The van der Waals surface area contributed by atoms with Gasteiger partial charge in [-0.05, 0) is 43.7 Å². The van der Waals surface area contributed by atoms with Crippen LogP contribution in [0.1, 0.15) is 49.4 Å². The molecule has 1 aromatic rings. The average molecular weight is 393 g/mol. The Kier molecular flexibility index (Phi) is 4.76. The van der Waals surface area contributed by atoms with Gasteiger partial charge in [-0.15, -0.1) is 0 Å². The second-order valence-corrected chi connectivity index (χ2v) is 7.60. The molecule has 0 aromatic heterocycles. The fourth-order valence-corrected chi connectivity index (χ4v) is 3.87. The largest absolute Gasteiger partial charge is 0.325 e. The Morgan fingerprint density at radius 3 is 2.46 bits per heavy atom. The van der Waals surface area contributed by atoms with E-state index >= 15 is 0 Å². The van der Waals surface area contributed by atoms with Gasteiger partial charge in [-0.25, -0.2) is 4.79 Å². The molecule has 1 aromatic carbocycles. The maximum Gasteiger partial charge on any atom is 0.325 e. The van der Waals surface area contributed by atoms with Crippen LogP contribution in [0.5, 0.6) is 0 Å². The van der Waals surface area contributed by atoms with Gasteiger partial charge in [-0.1, -0.05) is 41.4 Å². The first-order valence-electron chi connectivity index (χ1n) is 8.38. The number of nitrogens with one attached hydrogen (secondary N) is 1. The summed E-state index contributed by atoms with van der Waals surface area (Å²) in [6.45, 7) is 1.95. The van der Waals surface area contributed by atoms with Crippen LogP contribution in [0.4, 0.5) is 4.79 Å². The van der Waals surface area contributed by atoms with Crippen molar-refractivity contribution >= 4 is 33.7 Å². The number of carbonyl (C=O) groups excluding carboxylic acids is 3. The van der Waals surface area contributed by atoms with Crippen molar-refractivity contribution < 1.29 is 14.4 Å². The van der Waals surface area contributed by atoms with Gasteiger partial charge in [0, 0.05) is 10.0 Å². The molecule has 0 bridgehead atoms. The molecule has 1 aliphatic carbocycles. The fraction of sp³-hybridized carbons (Fsp3) is 0.500. The Bertz CT molecular complexity index is 663. The zero-order chi connectivity index (χ0) is 17.3. The Balaban J connectivity index is 1.71. The Hall–Kier alpha value is -1.69. The summed E-state index contributed by atoms with van der Waals surface area (Å²) >= 11 is 3.32. The van der Waals surface area contributed by atoms with Crippen molar-refractivity contribution in [1.82, 2.24) is 10.2 Å². The Morgan fingerprint density at radius 1 is 1.25 bits per heavy atom. The van der Waals surface area contributed by atoms with Crippen molar-refractivity contribution in [1.29, 1.82) is 0 Å². The van der Waals surface area contributed by atoms with Crippen LogP contribution in [-0.4, -0.2) is 34.7 Å². The first kappa shape index (κ1) is 17.1. The van der Waals surface area contributed by atoms with Crippen LogP contribution in [0.3, 0.4) is 0 Å². The minimum absolute atomic E-state index is 0.203. The van der Waals surface area contributed by atoms with Crippen LogP contribution in [-0.2, 0) is 4.79 Å². The number of halogens is 1. The van der Waals surface area contributed by atoms with E-state index in [1.807, 2.05) is 0 Å². The number of hydrogen-bond acceptors (Lipinski definition) is 3. The molecule has 0 radical (unpaired) electrons. The van der Waals surface area contributed by atoms with Gasteiger partial charge in [0.25, 0.3) is 5.91 Å². The molecule has 2 aliphatic rings. The molecule has 6 heteroatoms. The second kappa shape index (κ2) is 6.67. The summed E-state index contributed by atoms with van der Waals surface area (Å²) in [5.41, 5.74) is -0.294. The van der Waals surface area contributed by atoms with Crippen LogP contribution in [0, 0.1) is 5.92 Å². The van der Waals surface area contributed by atoms with Gasteiger partial charge >= 0.3 is 6.03 Å². The number of imide groups is 1. The molecule has 1 saturated heterocycles. The minimum Gasteiger partial charge on any atom is -0.323 e. The van der Waals surface area contributed by atoms with E-state index in [-0.39, 0.29) is 18.2 Å². The van der Waals surface area contributed by atoms with Crippen LogP contribution < -0.4 is 5.32 Å². The quantitative estimate of drug-likeness (QED) is 0.629. The third-order valence-corrected chi connectivity index (χ3v) is 5.78. The predicted molar refractivity (Wildman–Crippen MR) is 93.7 cm³/mol. The normalized spacial score (nSPS) is 26.8. The topological polar surface area (TPSA) is 66.5 Å². The number of benzene rings is 1. The summed E-state index contributed by atoms with van der Waals surface area (Å²) in [6.07, 6.45) is 4.32. The molecule has 24 heavy (non-hydrogen) atoms. The zero-order valence-corrected chi connectivity index (χ0v) is 15.3. The highest BCUT2D eigenvalue weighted by Gasteiger charge is 2.52. The number of ketones is 1. The van der Waals surface area contributed by atoms with E-state index in [0.29, 0.717) is 24.3 Å². The molecule has 3 rings (SSSR count). The number of amides is 3. The summed E-state index contributed by atoms with van der Waals surface area (Å²) in [5, 5.41) is 2.86. The molecule has 1 saturated carbocycles. The molecule has 1 aliphatic heterocycles. The lowest BCUT2D eigenvalue weighted by Gasteiger charge is -2.34. The molecule has 3 amide bonds. The molecule has 1 N–H and O–H groups in total. The maximum atomic E-state index is 12.8. The highest BCUT2D eigenvalue weighted by Crippen LogP contribution is 2.37. The van der Waals surface area contributed by atoms with Gasteiger partial charge < -0.3 is 5.32 Å². The first-order valence-corrected chi connectivity index (χ1v) is 9.17. The van der Waals surface area contributed by atoms with Crippen LogP contribution in [0.25, 0.3) is 0 Å². The summed E-state index contributed by atoms with van der Waals surface area (Å²) in [5.74, 6) is 0.150. The SMILES string of the molecule is CCC1CCC2(CC1)NC(=O)N(CC(=O)c1ccc(Br)cc1)C2=O. The molecule has 128 valence electrons. The fourth-order valence-electron chi connectivity index (χ4n) is 3.61. The van der Waals surface area contributed by atoms with Crippen molar-refractivity contribution in [2.45, 2.75) is 44.6 Å². The minimum atomic E-state index is -0.789. The van der Waals surface area contributed by atoms with Gasteiger partial charge in [0.1, 0.15) is 5.54 Å². The van der Waals surface area contributed by atoms with E-state index in [4.69, 9.17) is 0 Å². The smallest absolute Gasteiger partial charge is 0.323 e. The van der Waals surface area contributed by atoms with Gasteiger partial charge in [0.15, 0.2) is 5.78 Å². The Labute approximate surface area is 149 Å². The highest BCUT2D eigenvalue weighted by molar-refractivity contribution is 9.10. The lowest BCUT2D eigenvalue weighted by Crippen LogP contribution is -2.49. The summed E-state index contributed by atoms with van der Waals surface area (Å²) in [4.78, 5) is 38.5.